The topological polar surface area (TPSA) is 34.5 Å². The molecule has 1 saturated heterocycles. The van der Waals surface area contributed by atoms with Crippen molar-refractivity contribution in [1.29, 1.82) is 0 Å². The third-order valence-electron chi connectivity index (χ3n) is 5.14. The summed E-state index contributed by atoms with van der Waals surface area (Å²) in [5.41, 5.74) is 3.47. The maximum Gasteiger partial charge on any atom is 0.223 e. The number of ether oxygens (including phenoxy) is 1. The molecular weight excluding hydrogens is 360 g/mol. The Labute approximate surface area is 164 Å². The van der Waals surface area contributed by atoms with Crippen LogP contribution in [0.1, 0.15) is 17.5 Å². The number of para-hydroxylation sites is 1. The van der Waals surface area contributed by atoms with Gasteiger partial charge in [-0.25, -0.2) is 0 Å². The molecule has 0 saturated carbocycles. The lowest BCUT2D eigenvalue weighted by atomic mass is 10.1. The Hall–Kier alpha value is -2.30. The second kappa shape index (κ2) is 8.15. The second-order valence-electron chi connectivity index (χ2n) is 6.88. The van der Waals surface area contributed by atoms with Crippen molar-refractivity contribution >= 4 is 28.4 Å². The average Bonchev–Trinajstić information content (AvgIpc) is 3.06. The number of fused-ring (bicyclic) bond motifs is 1. The Kier molecular flexibility index (Phi) is 5.46. The van der Waals surface area contributed by atoms with Gasteiger partial charge in [-0.15, -0.1) is 0 Å². The van der Waals surface area contributed by atoms with E-state index < -0.39 is 0 Å². The van der Waals surface area contributed by atoms with E-state index in [4.69, 9.17) is 16.3 Å². The number of carbonyl (C=O) groups excluding carboxylic acids is 1. The zero-order valence-electron chi connectivity index (χ0n) is 15.2. The predicted molar refractivity (Wildman–Crippen MR) is 108 cm³/mol. The lowest BCUT2D eigenvalue weighted by Crippen LogP contribution is -2.40. The molecule has 0 unspecified atom stereocenters. The standard InChI is InChI=1S/C22H23ClN2O2/c23-20-7-3-1-5-18(20)16-25-15-17(19-6-2-4-8-21(19)25)9-10-22(26)24-11-13-27-14-12-24/h1-8,15H,9-14,16H2. The number of aromatic nitrogens is 1. The Morgan fingerprint density at radius 2 is 1.74 bits per heavy atom. The van der Waals surface area contributed by atoms with E-state index in [1.807, 2.05) is 29.2 Å². The first-order valence-corrected chi connectivity index (χ1v) is 9.76. The van der Waals surface area contributed by atoms with Crippen LogP contribution >= 0.6 is 11.6 Å². The molecule has 5 heteroatoms. The Morgan fingerprint density at radius 1 is 1.00 bits per heavy atom. The number of amides is 1. The fourth-order valence-corrected chi connectivity index (χ4v) is 3.87. The van der Waals surface area contributed by atoms with E-state index in [1.54, 1.807) is 0 Å². The zero-order valence-corrected chi connectivity index (χ0v) is 16.0. The molecule has 2 heterocycles. The molecule has 1 amide bonds. The molecule has 1 aromatic heterocycles. The highest BCUT2D eigenvalue weighted by atomic mass is 35.5. The van der Waals surface area contributed by atoms with Crippen molar-refractivity contribution < 1.29 is 9.53 Å². The van der Waals surface area contributed by atoms with Crippen molar-refractivity contribution in [1.82, 2.24) is 9.47 Å². The van der Waals surface area contributed by atoms with Gasteiger partial charge in [0.25, 0.3) is 0 Å². The van der Waals surface area contributed by atoms with Crippen molar-refractivity contribution in [2.45, 2.75) is 19.4 Å². The molecule has 3 aromatic rings. The average molecular weight is 383 g/mol. The van der Waals surface area contributed by atoms with Crippen molar-refractivity contribution in [3.8, 4) is 0 Å². The van der Waals surface area contributed by atoms with E-state index in [0.29, 0.717) is 32.7 Å². The van der Waals surface area contributed by atoms with E-state index in [0.717, 1.165) is 23.6 Å². The lowest BCUT2D eigenvalue weighted by molar-refractivity contribution is -0.135. The molecule has 0 bridgehead atoms. The highest BCUT2D eigenvalue weighted by Crippen LogP contribution is 2.25. The molecule has 0 N–H and O–H groups in total. The molecule has 27 heavy (non-hydrogen) atoms. The number of morpholine rings is 1. The molecule has 1 aliphatic rings. The number of carbonyl (C=O) groups is 1. The molecule has 2 aromatic carbocycles. The maximum absolute atomic E-state index is 12.5. The highest BCUT2D eigenvalue weighted by molar-refractivity contribution is 6.31. The van der Waals surface area contributed by atoms with Crippen LogP contribution < -0.4 is 0 Å². The number of aryl methyl sites for hydroxylation is 1. The summed E-state index contributed by atoms with van der Waals surface area (Å²) in [6.07, 6.45) is 3.44. The lowest BCUT2D eigenvalue weighted by Gasteiger charge is -2.26. The summed E-state index contributed by atoms with van der Waals surface area (Å²) in [6.45, 7) is 3.41. The normalized spacial score (nSPS) is 14.6. The first-order chi connectivity index (χ1) is 13.2. The van der Waals surface area contributed by atoms with Gasteiger partial charge in [0, 0.05) is 48.2 Å². The van der Waals surface area contributed by atoms with Gasteiger partial charge in [-0.2, -0.15) is 0 Å². The molecule has 0 aliphatic carbocycles. The monoisotopic (exact) mass is 382 g/mol. The predicted octanol–water partition coefficient (Wildman–Crippen LogP) is 4.13. The SMILES string of the molecule is O=C(CCc1cn(Cc2ccccc2Cl)c2ccccc12)N1CCOCC1. The first-order valence-electron chi connectivity index (χ1n) is 9.38. The van der Waals surface area contributed by atoms with E-state index in [-0.39, 0.29) is 5.91 Å². The summed E-state index contributed by atoms with van der Waals surface area (Å²) in [4.78, 5) is 14.4. The van der Waals surface area contributed by atoms with E-state index in [2.05, 4.69) is 35.0 Å². The minimum absolute atomic E-state index is 0.209. The van der Waals surface area contributed by atoms with Gasteiger partial charge in [0.1, 0.15) is 0 Å². The summed E-state index contributed by atoms with van der Waals surface area (Å²) in [5.74, 6) is 0.209. The summed E-state index contributed by atoms with van der Waals surface area (Å²) >= 11 is 6.35. The minimum Gasteiger partial charge on any atom is -0.378 e. The van der Waals surface area contributed by atoms with Crippen LogP contribution in [0.3, 0.4) is 0 Å². The van der Waals surface area contributed by atoms with Crippen LogP contribution in [0, 0.1) is 0 Å². The van der Waals surface area contributed by atoms with E-state index in [1.165, 1.54) is 16.5 Å². The fraction of sp³-hybridized carbons (Fsp3) is 0.318. The maximum atomic E-state index is 12.5. The Bertz CT molecular complexity index is 944. The first kappa shape index (κ1) is 18.1. The number of nitrogens with zero attached hydrogens (tertiary/aromatic N) is 2. The molecule has 0 atom stereocenters. The Morgan fingerprint density at radius 3 is 2.56 bits per heavy atom. The number of hydrogen-bond donors (Lipinski definition) is 0. The van der Waals surface area contributed by atoms with Crippen molar-refractivity contribution in [3.63, 3.8) is 0 Å². The summed E-state index contributed by atoms with van der Waals surface area (Å²) in [7, 11) is 0. The molecule has 140 valence electrons. The molecule has 4 rings (SSSR count). The van der Waals surface area contributed by atoms with Crippen LogP contribution in [-0.2, 0) is 22.5 Å². The van der Waals surface area contributed by atoms with Gasteiger partial charge >= 0.3 is 0 Å². The van der Waals surface area contributed by atoms with Crippen LogP contribution in [-0.4, -0.2) is 41.7 Å². The molecule has 1 fully saturated rings. The number of benzene rings is 2. The number of rotatable bonds is 5. The van der Waals surface area contributed by atoms with Crippen LogP contribution in [0.2, 0.25) is 5.02 Å². The van der Waals surface area contributed by atoms with E-state index in [9.17, 15) is 4.79 Å². The molecule has 4 nitrogen and oxygen atoms in total. The van der Waals surface area contributed by atoms with Crippen molar-refractivity contribution in [2.75, 3.05) is 26.3 Å². The molecular formula is C22H23ClN2O2. The highest BCUT2D eigenvalue weighted by Gasteiger charge is 2.17. The van der Waals surface area contributed by atoms with Crippen LogP contribution in [0.25, 0.3) is 10.9 Å². The second-order valence-corrected chi connectivity index (χ2v) is 7.29. The summed E-state index contributed by atoms with van der Waals surface area (Å²) in [5, 5.41) is 1.98. The van der Waals surface area contributed by atoms with Gasteiger partial charge in [-0.1, -0.05) is 48.0 Å². The van der Waals surface area contributed by atoms with Gasteiger partial charge in [-0.3, -0.25) is 4.79 Å². The van der Waals surface area contributed by atoms with Crippen molar-refractivity contribution in [3.05, 3.63) is 70.9 Å². The van der Waals surface area contributed by atoms with Crippen LogP contribution in [0.4, 0.5) is 0 Å². The van der Waals surface area contributed by atoms with Gasteiger partial charge < -0.3 is 14.2 Å². The van der Waals surface area contributed by atoms with E-state index >= 15 is 0 Å². The Balaban J connectivity index is 1.54. The summed E-state index contributed by atoms with van der Waals surface area (Å²) in [6, 6.07) is 16.3. The molecule has 1 aliphatic heterocycles. The van der Waals surface area contributed by atoms with Crippen molar-refractivity contribution in [2.24, 2.45) is 0 Å². The third kappa shape index (κ3) is 4.02. The quantitative estimate of drug-likeness (QED) is 0.664. The van der Waals surface area contributed by atoms with Gasteiger partial charge in [-0.05, 0) is 29.7 Å². The number of hydrogen-bond acceptors (Lipinski definition) is 2. The third-order valence-corrected chi connectivity index (χ3v) is 5.51. The number of halogens is 1. The smallest absolute Gasteiger partial charge is 0.223 e. The fourth-order valence-electron chi connectivity index (χ4n) is 3.68. The van der Waals surface area contributed by atoms with Crippen LogP contribution in [0.15, 0.2) is 54.7 Å². The zero-order chi connectivity index (χ0) is 18.6. The molecule has 0 radical (unpaired) electrons. The minimum atomic E-state index is 0.209. The van der Waals surface area contributed by atoms with Crippen LogP contribution in [0.5, 0.6) is 0 Å². The molecule has 0 spiro atoms. The van der Waals surface area contributed by atoms with Gasteiger partial charge in [0.15, 0.2) is 0 Å². The largest absolute Gasteiger partial charge is 0.378 e. The summed E-state index contributed by atoms with van der Waals surface area (Å²) < 4.78 is 7.56. The van der Waals surface area contributed by atoms with Gasteiger partial charge in [0.05, 0.1) is 13.2 Å². The van der Waals surface area contributed by atoms with Gasteiger partial charge in [0.2, 0.25) is 5.91 Å².